The van der Waals surface area contributed by atoms with Crippen LogP contribution in [-0.2, 0) is 11.2 Å². The van der Waals surface area contributed by atoms with Crippen molar-refractivity contribution in [3.63, 3.8) is 0 Å². The van der Waals surface area contributed by atoms with Crippen molar-refractivity contribution < 1.29 is 24.2 Å². The summed E-state index contributed by atoms with van der Waals surface area (Å²) in [5.41, 5.74) is 3.89. The van der Waals surface area contributed by atoms with Gasteiger partial charge in [-0.2, -0.15) is 5.10 Å². The predicted molar refractivity (Wildman–Crippen MR) is 123 cm³/mol. The van der Waals surface area contributed by atoms with Gasteiger partial charge < -0.3 is 14.6 Å². The number of nitrogens with zero attached hydrogens (tertiary/aromatic N) is 3. The summed E-state index contributed by atoms with van der Waals surface area (Å²) in [6.45, 7) is 5.99. The van der Waals surface area contributed by atoms with Gasteiger partial charge in [0.15, 0.2) is 0 Å². The number of aromatic nitrogens is 2. The Morgan fingerprint density at radius 2 is 1.73 bits per heavy atom. The zero-order chi connectivity index (χ0) is 23.2. The van der Waals surface area contributed by atoms with Gasteiger partial charge in [0.25, 0.3) is 0 Å². The van der Waals surface area contributed by atoms with Gasteiger partial charge in [-0.25, -0.2) is 9.48 Å². The number of rotatable bonds is 9. The minimum atomic E-state index is -1.05. The number of aldehydes is 1. The molecular weight excluding hydrogens is 422 g/mol. The summed E-state index contributed by atoms with van der Waals surface area (Å²) < 4.78 is 13.0. The Balaban J connectivity index is 1.59. The zero-order valence-corrected chi connectivity index (χ0v) is 18.6. The number of aryl methyl sites for hydroxylation is 1. The van der Waals surface area contributed by atoms with Crippen LogP contribution in [0.5, 0.6) is 5.88 Å². The van der Waals surface area contributed by atoms with Gasteiger partial charge in [-0.05, 0) is 29.7 Å². The molecule has 0 saturated carbocycles. The van der Waals surface area contributed by atoms with E-state index in [1.54, 1.807) is 16.8 Å². The Morgan fingerprint density at radius 1 is 1.09 bits per heavy atom. The van der Waals surface area contributed by atoms with Crippen molar-refractivity contribution >= 4 is 12.3 Å². The number of carbonyl (C=O) groups excluding carboxylic acids is 1. The van der Waals surface area contributed by atoms with E-state index >= 15 is 0 Å². The quantitative estimate of drug-likeness (QED) is 0.501. The van der Waals surface area contributed by atoms with Crippen LogP contribution < -0.4 is 4.74 Å². The lowest BCUT2D eigenvalue weighted by molar-refractivity contribution is 0.0317. The van der Waals surface area contributed by atoms with E-state index in [-0.39, 0.29) is 11.4 Å². The predicted octanol–water partition coefficient (Wildman–Crippen LogP) is 3.32. The summed E-state index contributed by atoms with van der Waals surface area (Å²) in [4.78, 5) is 25.1. The van der Waals surface area contributed by atoms with Crippen LogP contribution in [0.25, 0.3) is 16.8 Å². The van der Waals surface area contributed by atoms with E-state index in [9.17, 15) is 14.7 Å². The van der Waals surface area contributed by atoms with Gasteiger partial charge in [-0.1, -0.05) is 43.3 Å². The van der Waals surface area contributed by atoms with Gasteiger partial charge in [0, 0.05) is 25.2 Å². The summed E-state index contributed by atoms with van der Waals surface area (Å²) in [5.74, 6) is -0.804. The topological polar surface area (TPSA) is 93.9 Å². The maximum absolute atomic E-state index is 12.0. The second kappa shape index (κ2) is 10.4. The molecule has 0 aliphatic carbocycles. The summed E-state index contributed by atoms with van der Waals surface area (Å²) in [7, 11) is 0. The van der Waals surface area contributed by atoms with E-state index in [2.05, 4.69) is 10.00 Å². The Hall–Kier alpha value is -3.49. The second-order valence-corrected chi connectivity index (χ2v) is 7.79. The fourth-order valence-electron chi connectivity index (χ4n) is 3.86. The fourth-order valence-corrected chi connectivity index (χ4v) is 3.86. The van der Waals surface area contributed by atoms with E-state index in [4.69, 9.17) is 9.47 Å². The number of carboxylic acids is 1. The number of ether oxygens (including phenoxy) is 2. The van der Waals surface area contributed by atoms with Crippen LogP contribution in [0, 0.1) is 0 Å². The highest BCUT2D eigenvalue weighted by atomic mass is 16.5. The molecule has 1 aromatic heterocycles. The molecule has 1 N–H and O–H groups in total. The van der Waals surface area contributed by atoms with Crippen molar-refractivity contribution in [2.45, 2.75) is 13.3 Å². The van der Waals surface area contributed by atoms with E-state index in [0.29, 0.717) is 49.7 Å². The summed E-state index contributed by atoms with van der Waals surface area (Å²) >= 11 is 0. The van der Waals surface area contributed by atoms with Crippen LogP contribution in [0.3, 0.4) is 0 Å². The molecule has 0 amide bonds. The minimum absolute atomic E-state index is 0.105. The first-order chi connectivity index (χ1) is 16.1. The van der Waals surface area contributed by atoms with Crippen molar-refractivity contribution in [2.24, 2.45) is 0 Å². The van der Waals surface area contributed by atoms with Gasteiger partial charge in [-0.3, -0.25) is 9.69 Å². The Kier molecular flexibility index (Phi) is 7.16. The fraction of sp³-hybridized carbons (Fsp3) is 0.320. The molecule has 1 fully saturated rings. The smallest absolute Gasteiger partial charge is 0.343 e. The van der Waals surface area contributed by atoms with Gasteiger partial charge in [0.2, 0.25) is 5.88 Å². The molecule has 0 bridgehead atoms. The first-order valence-electron chi connectivity index (χ1n) is 11.0. The summed E-state index contributed by atoms with van der Waals surface area (Å²) in [6, 6.07) is 15.0. The second-order valence-electron chi connectivity index (χ2n) is 7.79. The highest BCUT2D eigenvalue weighted by molar-refractivity contribution is 5.92. The van der Waals surface area contributed by atoms with Crippen LogP contribution in [-0.4, -0.2) is 71.5 Å². The van der Waals surface area contributed by atoms with E-state index < -0.39 is 5.97 Å². The SMILES string of the molecule is CCc1nn(-c2ccc(-c3ccc(C=O)cc3)cc2)c(OCCN2CCOCC2)c1C(=O)O. The molecule has 4 rings (SSSR count). The number of benzene rings is 2. The maximum atomic E-state index is 12.0. The number of hydrogen-bond donors (Lipinski definition) is 1. The molecule has 0 atom stereocenters. The van der Waals surface area contributed by atoms with Gasteiger partial charge in [0.1, 0.15) is 18.5 Å². The average molecular weight is 450 g/mol. The first-order valence-corrected chi connectivity index (χ1v) is 11.0. The molecular formula is C25H27N3O5. The normalized spacial score (nSPS) is 14.2. The van der Waals surface area contributed by atoms with Crippen molar-refractivity contribution in [3.8, 4) is 22.7 Å². The Bertz CT molecular complexity index is 1100. The number of aromatic carboxylic acids is 1. The molecule has 1 aliphatic heterocycles. The molecule has 0 radical (unpaired) electrons. The minimum Gasteiger partial charge on any atom is -0.477 e. The maximum Gasteiger partial charge on any atom is 0.343 e. The van der Waals surface area contributed by atoms with Crippen LogP contribution in [0.15, 0.2) is 48.5 Å². The van der Waals surface area contributed by atoms with E-state index in [1.807, 2.05) is 43.3 Å². The summed E-state index contributed by atoms with van der Waals surface area (Å²) in [6.07, 6.45) is 1.30. The lowest BCUT2D eigenvalue weighted by Crippen LogP contribution is -2.38. The van der Waals surface area contributed by atoms with Crippen LogP contribution >= 0.6 is 0 Å². The third kappa shape index (κ3) is 5.13. The monoisotopic (exact) mass is 449 g/mol. The van der Waals surface area contributed by atoms with Crippen LogP contribution in [0.1, 0.15) is 33.3 Å². The molecule has 2 aromatic carbocycles. The first kappa shape index (κ1) is 22.7. The van der Waals surface area contributed by atoms with Crippen LogP contribution in [0.4, 0.5) is 0 Å². The number of morpholine rings is 1. The van der Waals surface area contributed by atoms with Crippen molar-refractivity contribution in [1.29, 1.82) is 0 Å². The number of carbonyl (C=O) groups is 2. The third-order valence-electron chi connectivity index (χ3n) is 5.71. The van der Waals surface area contributed by atoms with E-state index in [0.717, 1.165) is 30.5 Å². The van der Waals surface area contributed by atoms with Crippen molar-refractivity contribution in [1.82, 2.24) is 14.7 Å². The van der Waals surface area contributed by atoms with Crippen molar-refractivity contribution in [3.05, 3.63) is 65.4 Å². The van der Waals surface area contributed by atoms with Gasteiger partial charge in [-0.15, -0.1) is 0 Å². The average Bonchev–Trinajstić information content (AvgIpc) is 3.24. The molecule has 172 valence electrons. The largest absolute Gasteiger partial charge is 0.477 e. The molecule has 33 heavy (non-hydrogen) atoms. The van der Waals surface area contributed by atoms with Gasteiger partial charge >= 0.3 is 5.97 Å². The molecule has 3 aromatic rings. The molecule has 2 heterocycles. The molecule has 1 saturated heterocycles. The standard InChI is InChI=1S/C25H27N3O5/c1-2-22-23(25(30)31)24(33-16-13-27-11-14-32-15-12-27)28(26-22)21-9-7-20(8-10-21)19-5-3-18(17-29)4-6-19/h3-10,17H,2,11-16H2,1H3,(H,30,31). The number of hydrogen-bond acceptors (Lipinski definition) is 6. The number of carboxylic acid groups (broad SMARTS) is 1. The molecule has 1 aliphatic rings. The lowest BCUT2D eigenvalue weighted by Gasteiger charge is -2.26. The third-order valence-corrected chi connectivity index (χ3v) is 5.71. The zero-order valence-electron chi connectivity index (χ0n) is 18.6. The van der Waals surface area contributed by atoms with E-state index in [1.165, 1.54) is 0 Å². The highest BCUT2D eigenvalue weighted by Crippen LogP contribution is 2.29. The molecule has 0 spiro atoms. The summed E-state index contributed by atoms with van der Waals surface area (Å²) in [5, 5.41) is 14.4. The molecule has 8 heteroatoms. The molecule has 8 nitrogen and oxygen atoms in total. The Labute approximate surface area is 192 Å². The molecule has 0 unspecified atom stereocenters. The lowest BCUT2D eigenvalue weighted by atomic mass is 10.0. The van der Waals surface area contributed by atoms with Crippen LogP contribution in [0.2, 0.25) is 0 Å². The highest BCUT2D eigenvalue weighted by Gasteiger charge is 2.25. The van der Waals surface area contributed by atoms with Crippen molar-refractivity contribution in [2.75, 3.05) is 39.5 Å². The Morgan fingerprint density at radius 3 is 2.30 bits per heavy atom. The van der Waals surface area contributed by atoms with Gasteiger partial charge in [0.05, 0.1) is 24.6 Å².